The van der Waals surface area contributed by atoms with E-state index in [0.29, 0.717) is 28.4 Å². The normalized spacial score (nSPS) is 10.7. The smallest absolute Gasteiger partial charge is 0.258 e. The van der Waals surface area contributed by atoms with E-state index in [2.05, 4.69) is 39.2 Å². The molecule has 0 bridgehead atoms. The van der Waals surface area contributed by atoms with E-state index in [0.717, 1.165) is 25.9 Å². The summed E-state index contributed by atoms with van der Waals surface area (Å²) in [5, 5.41) is 4.56. The van der Waals surface area contributed by atoms with Crippen LogP contribution >= 0.6 is 12.2 Å². The van der Waals surface area contributed by atoms with Crippen molar-refractivity contribution in [1.82, 2.24) is 20.2 Å². The molecule has 0 aliphatic heterocycles. The second-order valence-electron chi connectivity index (χ2n) is 6.42. The van der Waals surface area contributed by atoms with Gasteiger partial charge in [-0.15, -0.1) is 0 Å². The fourth-order valence-electron chi connectivity index (χ4n) is 2.90. The highest BCUT2D eigenvalue weighted by molar-refractivity contribution is 7.80. The first-order valence-electron chi connectivity index (χ1n) is 9.22. The van der Waals surface area contributed by atoms with Crippen LogP contribution in [0.4, 0.5) is 0 Å². The lowest BCUT2D eigenvalue weighted by molar-refractivity contribution is 0.398. The Labute approximate surface area is 164 Å². The highest BCUT2D eigenvalue weighted by atomic mass is 32.1. The van der Waals surface area contributed by atoms with Gasteiger partial charge in [0.2, 0.25) is 0 Å². The van der Waals surface area contributed by atoms with Gasteiger partial charge < -0.3 is 15.2 Å². The maximum atomic E-state index is 12.3. The molecule has 0 radical (unpaired) electrons. The van der Waals surface area contributed by atoms with Crippen molar-refractivity contribution in [3.8, 4) is 0 Å². The second kappa shape index (κ2) is 9.28. The SMILES string of the molecule is CCCNC(=S)N(CCc1ccccc1)Cc1nc2ccccc2c(=O)[nH]1. The molecule has 0 atom stereocenters. The first kappa shape index (κ1) is 19.0. The number of nitrogens with zero attached hydrogens (tertiary/aromatic N) is 2. The number of H-pyrrole nitrogens is 1. The standard InChI is InChI=1S/C21H24N4OS/c1-2-13-22-21(27)25(14-12-16-8-4-3-5-9-16)15-19-23-18-11-7-6-10-17(18)20(26)24-19/h3-11H,2,12-15H2,1H3,(H,22,27)(H,23,24,26). The first-order chi connectivity index (χ1) is 13.2. The van der Waals surface area contributed by atoms with Crippen molar-refractivity contribution in [2.45, 2.75) is 26.3 Å². The maximum absolute atomic E-state index is 12.3. The van der Waals surface area contributed by atoms with Crippen LogP contribution < -0.4 is 10.9 Å². The molecule has 3 rings (SSSR count). The zero-order valence-electron chi connectivity index (χ0n) is 15.4. The summed E-state index contributed by atoms with van der Waals surface area (Å²) in [6, 6.07) is 17.7. The van der Waals surface area contributed by atoms with Gasteiger partial charge >= 0.3 is 0 Å². The predicted octanol–water partition coefficient (Wildman–Crippen LogP) is 3.25. The van der Waals surface area contributed by atoms with Crippen LogP contribution in [0.25, 0.3) is 10.9 Å². The lowest BCUT2D eigenvalue weighted by Gasteiger charge is -2.25. The van der Waals surface area contributed by atoms with Crippen LogP contribution in [-0.2, 0) is 13.0 Å². The fraction of sp³-hybridized carbons (Fsp3) is 0.286. The molecular weight excluding hydrogens is 356 g/mol. The minimum absolute atomic E-state index is 0.119. The Hall–Kier alpha value is -2.73. The van der Waals surface area contributed by atoms with Crippen molar-refractivity contribution < 1.29 is 0 Å². The molecule has 0 fully saturated rings. The minimum Gasteiger partial charge on any atom is -0.363 e. The Morgan fingerprint density at radius 1 is 1.15 bits per heavy atom. The van der Waals surface area contributed by atoms with E-state index in [9.17, 15) is 4.79 Å². The minimum atomic E-state index is -0.119. The summed E-state index contributed by atoms with van der Waals surface area (Å²) in [6.07, 6.45) is 1.87. The Kier molecular flexibility index (Phi) is 6.54. The highest BCUT2D eigenvalue weighted by Crippen LogP contribution is 2.09. The van der Waals surface area contributed by atoms with Gasteiger partial charge in [0.15, 0.2) is 5.11 Å². The van der Waals surface area contributed by atoms with E-state index in [1.165, 1.54) is 5.56 Å². The molecule has 0 amide bonds. The van der Waals surface area contributed by atoms with Crippen LogP contribution in [0.3, 0.4) is 0 Å². The monoisotopic (exact) mass is 380 g/mol. The van der Waals surface area contributed by atoms with Crippen molar-refractivity contribution in [2.24, 2.45) is 0 Å². The molecule has 2 aromatic carbocycles. The van der Waals surface area contributed by atoms with Crippen molar-refractivity contribution in [1.29, 1.82) is 0 Å². The number of hydrogen-bond donors (Lipinski definition) is 2. The number of aromatic nitrogens is 2. The van der Waals surface area contributed by atoms with E-state index < -0.39 is 0 Å². The third-order valence-electron chi connectivity index (χ3n) is 4.33. The maximum Gasteiger partial charge on any atom is 0.258 e. The van der Waals surface area contributed by atoms with Crippen LogP contribution in [0.2, 0.25) is 0 Å². The van der Waals surface area contributed by atoms with Gasteiger partial charge in [0.05, 0.1) is 17.4 Å². The zero-order valence-corrected chi connectivity index (χ0v) is 16.3. The number of aromatic amines is 1. The van der Waals surface area contributed by atoms with Crippen LogP contribution in [0.1, 0.15) is 24.7 Å². The summed E-state index contributed by atoms with van der Waals surface area (Å²) in [6.45, 7) is 4.13. The molecule has 5 nitrogen and oxygen atoms in total. The average molecular weight is 381 g/mol. The van der Waals surface area contributed by atoms with E-state index in [-0.39, 0.29) is 5.56 Å². The summed E-state index contributed by atoms with van der Waals surface area (Å²) in [5.74, 6) is 0.618. The lowest BCUT2D eigenvalue weighted by atomic mass is 10.1. The van der Waals surface area contributed by atoms with Crippen LogP contribution in [0, 0.1) is 0 Å². The van der Waals surface area contributed by atoms with Gasteiger partial charge in [0.1, 0.15) is 5.82 Å². The summed E-state index contributed by atoms with van der Waals surface area (Å²) in [5.41, 5.74) is 1.83. The Balaban J connectivity index is 1.79. The topological polar surface area (TPSA) is 61.0 Å². The Morgan fingerprint density at radius 2 is 1.89 bits per heavy atom. The molecular formula is C21H24N4OS. The molecule has 2 N–H and O–H groups in total. The fourth-order valence-corrected chi connectivity index (χ4v) is 3.15. The molecule has 0 spiro atoms. The molecule has 140 valence electrons. The molecule has 1 aromatic heterocycles. The molecule has 0 aliphatic rings. The molecule has 27 heavy (non-hydrogen) atoms. The van der Waals surface area contributed by atoms with Gasteiger partial charge in [-0.05, 0) is 42.8 Å². The van der Waals surface area contributed by atoms with Gasteiger partial charge in [-0.25, -0.2) is 4.98 Å². The highest BCUT2D eigenvalue weighted by Gasteiger charge is 2.13. The summed E-state index contributed by atoms with van der Waals surface area (Å²) in [7, 11) is 0. The van der Waals surface area contributed by atoms with Crippen LogP contribution in [0.5, 0.6) is 0 Å². The Morgan fingerprint density at radius 3 is 2.67 bits per heavy atom. The predicted molar refractivity (Wildman–Crippen MR) is 114 cm³/mol. The lowest BCUT2D eigenvalue weighted by Crippen LogP contribution is -2.41. The Bertz CT molecular complexity index is 955. The molecule has 0 unspecified atom stereocenters. The molecule has 0 saturated heterocycles. The van der Waals surface area contributed by atoms with Gasteiger partial charge in [-0.1, -0.05) is 49.4 Å². The first-order valence-corrected chi connectivity index (χ1v) is 9.63. The van der Waals surface area contributed by atoms with E-state index in [1.807, 2.05) is 36.4 Å². The number of nitrogens with one attached hydrogen (secondary N) is 2. The number of fused-ring (bicyclic) bond motifs is 1. The third-order valence-corrected chi connectivity index (χ3v) is 4.73. The third kappa shape index (κ3) is 5.14. The van der Waals surface area contributed by atoms with E-state index in [4.69, 9.17) is 12.2 Å². The van der Waals surface area contributed by atoms with E-state index >= 15 is 0 Å². The van der Waals surface area contributed by atoms with Crippen molar-refractivity contribution in [3.63, 3.8) is 0 Å². The van der Waals surface area contributed by atoms with Crippen LogP contribution in [-0.4, -0.2) is 33.1 Å². The largest absolute Gasteiger partial charge is 0.363 e. The van der Waals surface area contributed by atoms with E-state index in [1.54, 1.807) is 6.07 Å². The second-order valence-corrected chi connectivity index (χ2v) is 6.81. The quantitative estimate of drug-likeness (QED) is 0.616. The van der Waals surface area contributed by atoms with Crippen molar-refractivity contribution in [3.05, 3.63) is 76.3 Å². The molecule has 0 aliphatic carbocycles. The zero-order chi connectivity index (χ0) is 19.1. The van der Waals surface area contributed by atoms with Crippen LogP contribution in [0.15, 0.2) is 59.4 Å². The molecule has 3 aromatic rings. The van der Waals surface area contributed by atoms with Crippen molar-refractivity contribution >= 4 is 28.2 Å². The van der Waals surface area contributed by atoms with Gasteiger partial charge in [-0.3, -0.25) is 4.79 Å². The summed E-state index contributed by atoms with van der Waals surface area (Å²) >= 11 is 5.58. The molecule has 0 saturated carbocycles. The number of para-hydroxylation sites is 1. The molecule has 1 heterocycles. The summed E-state index contributed by atoms with van der Waals surface area (Å²) < 4.78 is 0. The number of benzene rings is 2. The number of hydrogen-bond acceptors (Lipinski definition) is 3. The van der Waals surface area contributed by atoms with Gasteiger partial charge in [0, 0.05) is 13.1 Å². The summed E-state index contributed by atoms with van der Waals surface area (Å²) in [4.78, 5) is 21.9. The average Bonchev–Trinajstić information content (AvgIpc) is 2.70. The van der Waals surface area contributed by atoms with Crippen molar-refractivity contribution in [2.75, 3.05) is 13.1 Å². The number of thiocarbonyl (C=S) groups is 1. The number of rotatable bonds is 7. The van der Waals surface area contributed by atoms with Gasteiger partial charge in [-0.2, -0.15) is 0 Å². The van der Waals surface area contributed by atoms with Gasteiger partial charge in [0.25, 0.3) is 5.56 Å². The molecule has 6 heteroatoms.